The van der Waals surface area contributed by atoms with E-state index in [1.165, 1.54) is 11.1 Å². The van der Waals surface area contributed by atoms with E-state index >= 15 is 0 Å². The minimum Gasteiger partial charge on any atom is -0.383 e. The van der Waals surface area contributed by atoms with Gasteiger partial charge in [0, 0.05) is 6.54 Å². The molecule has 1 aromatic carbocycles. The summed E-state index contributed by atoms with van der Waals surface area (Å²) in [7, 11) is 0. The highest BCUT2D eigenvalue weighted by molar-refractivity contribution is 5.86. The first-order valence-electron chi connectivity index (χ1n) is 8.52. The molecule has 0 atom stereocenters. The monoisotopic (exact) mass is 324 g/mol. The van der Waals surface area contributed by atoms with Gasteiger partial charge in [-0.2, -0.15) is 15.1 Å². The number of hydrogen-bond donors (Lipinski definition) is 2. The number of unbranched alkanes of at least 4 members (excludes halogenated alkanes) is 1. The molecule has 2 aromatic heterocycles. The Morgan fingerprint density at radius 2 is 1.83 bits per heavy atom. The zero-order valence-corrected chi connectivity index (χ0v) is 14.3. The Bertz CT molecular complexity index is 806. The molecule has 0 spiro atoms. The van der Waals surface area contributed by atoms with Crippen molar-refractivity contribution in [1.29, 1.82) is 0 Å². The van der Waals surface area contributed by atoms with E-state index in [2.05, 4.69) is 58.5 Å². The smallest absolute Gasteiger partial charge is 0.226 e. The van der Waals surface area contributed by atoms with Gasteiger partial charge in [0.15, 0.2) is 5.65 Å². The molecule has 126 valence electrons. The molecule has 0 aliphatic carbocycles. The molecular weight excluding hydrogens is 300 g/mol. The molecule has 3 rings (SSSR count). The van der Waals surface area contributed by atoms with Crippen LogP contribution in [0.1, 0.15) is 37.8 Å². The Hall–Kier alpha value is -2.63. The third kappa shape index (κ3) is 3.48. The quantitative estimate of drug-likeness (QED) is 0.652. The summed E-state index contributed by atoms with van der Waals surface area (Å²) in [6.45, 7) is 5.81. The summed E-state index contributed by atoms with van der Waals surface area (Å²) in [5.41, 5.74) is 9.35. The molecule has 0 unspecified atom stereocenters. The average molecular weight is 324 g/mol. The van der Waals surface area contributed by atoms with E-state index in [4.69, 9.17) is 5.73 Å². The molecule has 3 aromatic rings. The van der Waals surface area contributed by atoms with Gasteiger partial charge in [0.05, 0.1) is 18.1 Å². The van der Waals surface area contributed by atoms with Crippen LogP contribution in [0.2, 0.25) is 0 Å². The van der Waals surface area contributed by atoms with E-state index in [1.54, 1.807) is 6.20 Å². The Morgan fingerprint density at radius 3 is 2.54 bits per heavy atom. The van der Waals surface area contributed by atoms with Crippen LogP contribution >= 0.6 is 0 Å². The Balaban J connectivity index is 1.86. The SMILES string of the molecule is CCCCNc1nc(N)c2cnn(Cc3ccc(CC)cc3)c2n1. The predicted octanol–water partition coefficient (Wildman–Crippen LogP) is 3.23. The molecule has 0 amide bonds. The van der Waals surface area contributed by atoms with Crippen molar-refractivity contribution in [3.8, 4) is 0 Å². The summed E-state index contributed by atoms with van der Waals surface area (Å²) < 4.78 is 1.87. The van der Waals surface area contributed by atoms with Crippen molar-refractivity contribution in [3.63, 3.8) is 0 Å². The zero-order chi connectivity index (χ0) is 16.9. The van der Waals surface area contributed by atoms with Gasteiger partial charge in [-0.15, -0.1) is 0 Å². The van der Waals surface area contributed by atoms with Gasteiger partial charge in [-0.05, 0) is 24.0 Å². The van der Waals surface area contributed by atoms with E-state index in [0.29, 0.717) is 18.3 Å². The van der Waals surface area contributed by atoms with Crippen molar-refractivity contribution in [1.82, 2.24) is 19.7 Å². The van der Waals surface area contributed by atoms with Crippen LogP contribution in [0.5, 0.6) is 0 Å². The van der Waals surface area contributed by atoms with Gasteiger partial charge in [-0.1, -0.05) is 44.5 Å². The number of rotatable bonds is 7. The van der Waals surface area contributed by atoms with E-state index < -0.39 is 0 Å². The van der Waals surface area contributed by atoms with E-state index in [1.807, 2.05) is 4.68 Å². The third-order valence-corrected chi connectivity index (χ3v) is 4.10. The fourth-order valence-electron chi connectivity index (χ4n) is 2.60. The zero-order valence-electron chi connectivity index (χ0n) is 14.3. The average Bonchev–Trinajstić information content (AvgIpc) is 2.99. The number of hydrogen-bond acceptors (Lipinski definition) is 5. The molecule has 0 aliphatic rings. The summed E-state index contributed by atoms with van der Waals surface area (Å²) in [4.78, 5) is 8.91. The number of benzene rings is 1. The molecular formula is C18H24N6. The standard InChI is InChI=1S/C18H24N6/c1-3-5-10-20-18-22-16(19)15-11-21-24(17(15)23-18)12-14-8-6-13(4-2)7-9-14/h6-9,11H,3-5,10,12H2,1-2H3,(H3,19,20,22,23). The second-order valence-corrected chi connectivity index (χ2v) is 5.92. The van der Waals surface area contributed by atoms with Gasteiger partial charge in [-0.3, -0.25) is 0 Å². The lowest BCUT2D eigenvalue weighted by Crippen LogP contribution is -2.09. The molecule has 0 bridgehead atoms. The third-order valence-electron chi connectivity index (χ3n) is 4.10. The van der Waals surface area contributed by atoms with Gasteiger partial charge < -0.3 is 11.1 Å². The maximum absolute atomic E-state index is 6.06. The highest BCUT2D eigenvalue weighted by Crippen LogP contribution is 2.20. The first-order valence-corrected chi connectivity index (χ1v) is 8.52. The predicted molar refractivity (Wildman–Crippen MR) is 98.1 cm³/mol. The fraction of sp³-hybridized carbons (Fsp3) is 0.389. The van der Waals surface area contributed by atoms with Crippen LogP contribution in [0.3, 0.4) is 0 Å². The Kier molecular flexibility index (Phi) is 4.93. The van der Waals surface area contributed by atoms with Crippen molar-refractivity contribution in [2.45, 2.75) is 39.7 Å². The van der Waals surface area contributed by atoms with E-state index in [-0.39, 0.29) is 0 Å². The summed E-state index contributed by atoms with van der Waals surface area (Å²) in [5, 5.41) is 8.46. The highest BCUT2D eigenvalue weighted by atomic mass is 15.3. The van der Waals surface area contributed by atoms with Crippen molar-refractivity contribution in [2.24, 2.45) is 0 Å². The highest BCUT2D eigenvalue weighted by Gasteiger charge is 2.11. The first kappa shape index (κ1) is 16.2. The Labute approximate surface area is 142 Å². The fourth-order valence-corrected chi connectivity index (χ4v) is 2.60. The number of fused-ring (bicyclic) bond motifs is 1. The molecule has 0 radical (unpaired) electrons. The number of nitrogens with zero attached hydrogens (tertiary/aromatic N) is 4. The number of nitrogens with one attached hydrogen (secondary N) is 1. The molecule has 0 fully saturated rings. The molecule has 6 nitrogen and oxygen atoms in total. The van der Waals surface area contributed by atoms with Gasteiger partial charge in [0.1, 0.15) is 5.82 Å². The van der Waals surface area contributed by atoms with Crippen molar-refractivity contribution < 1.29 is 0 Å². The summed E-state index contributed by atoms with van der Waals surface area (Å²) in [6, 6.07) is 8.58. The van der Waals surface area contributed by atoms with Crippen LogP contribution in [0.4, 0.5) is 11.8 Å². The van der Waals surface area contributed by atoms with Crippen LogP contribution < -0.4 is 11.1 Å². The van der Waals surface area contributed by atoms with Crippen molar-refractivity contribution in [3.05, 3.63) is 41.6 Å². The maximum Gasteiger partial charge on any atom is 0.226 e. The van der Waals surface area contributed by atoms with E-state index in [0.717, 1.165) is 36.8 Å². The molecule has 0 aliphatic heterocycles. The number of aromatic nitrogens is 4. The minimum atomic E-state index is 0.464. The topological polar surface area (TPSA) is 81.6 Å². The van der Waals surface area contributed by atoms with Crippen LogP contribution in [-0.2, 0) is 13.0 Å². The largest absolute Gasteiger partial charge is 0.383 e. The lowest BCUT2D eigenvalue weighted by Gasteiger charge is -2.08. The first-order chi connectivity index (χ1) is 11.7. The normalized spacial score (nSPS) is 11.1. The summed E-state index contributed by atoms with van der Waals surface area (Å²) in [6.07, 6.45) is 4.98. The molecule has 24 heavy (non-hydrogen) atoms. The molecule has 3 N–H and O–H groups in total. The summed E-state index contributed by atoms with van der Waals surface area (Å²) >= 11 is 0. The van der Waals surface area contributed by atoms with Gasteiger partial charge in [-0.25, -0.2) is 4.68 Å². The number of aryl methyl sites for hydroxylation is 1. The number of nitrogen functional groups attached to an aromatic ring is 1. The van der Waals surface area contributed by atoms with Crippen molar-refractivity contribution >= 4 is 22.8 Å². The molecule has 6 heteroatoms. The van der Waals surface area contributed by atoms with Crippen LogP contribution in [0.15, 0.2) is 30.5 Å². The maximum atomic E-state index is 6.06. The second kappa shape index (κ2) is 7.29. The van der Waals surface area contributed by atoms with Crippen LogP contribution in [0, 0.1) is 0 Å². The minimum absolute atomic E-state index is 0.464. The Morgan fingerprint density at radius 1 is 1.08 bits per heavy atom. The molecule has 2 heterocycles. The van der Waals surface area contributed by atoms with Crippen molar-refractivity contribution in [2.75, 3.05) is 17.6 Å². The van der Waals surface area contributed by atoms with E-state index in [9.17, 15) is 0 Å². The number of anilines is 2. The van der Waals surface area contributed by atoms with Gasteiger partial charge in [0.2, 0.25) is 5.95 Å². The summed E-state index contributed by atoms with van der Waals surface area (Å²) in [5.74, 6) is 1.03. The number of nitrogens with two attached hydrogens (primary N) is 1. The van der Waals surface area contributed by atoms with Gasteiger partial charge >= 0.3 is 0 Å². The molecule has 0 saturated carbocycles. The lowest BCUT2D eigenvalue weighted by atomic mass is 10.1. The lowest BCUT2D eigenvalue weighted by molar-refractivity contribution is 0.703. The second-order valence-electron chi connectivity index (χ2n) is 5.92. The van der Waals surface area contributed by atoms with Crippen LogP contribution in [0.25, 0.3) is 11.0 Å². The van der Waals surface area contributed by atoms with Gasteiger partial charge in [0.25, 0.3) is 0 Å². The molecule has 0 saturated heterocycles. The van der Waals surface area contributed by atoms with Crippen LogP contribution in [-0.4, -0.2) is 26.3 Å².